The number of rotatable bonds is 13. The number of alkyl halides is 3. The number of nitrogens with zero attached hydrogens (tertiary/aromatic N) is 4. The third kappa shape index (κ3) is 6.39. The predicted octanol–water partition coefficient (Wildman–Crippen LogP) is 4.08. The van der Waals surface area contributed by atoms with Gasteiger partial charge in [-0.15, -0.1) is 34.8 Å². The second kappa shape index (κ2) is 11.8. The van der Waals surface area contributed by atoms with Gasteiger partial charge in [-0.1, -0.05) is 6.92 Å². The van der Waals surface area contributed by atoms with Crippen LogP contribution in [0, 0.1) is 6.92 Å². The zero-order valence-corrected chi connectivity index (χ0v) is 18.3. The van der Waals surface area contributed by atoms with Crippen LogP contribution in [0.4, 0.5) is 0 Å². The summed E-state index contributed by atoms with van der Waals surface area (Å²) in [5, 5.41) is 0. The summed E-state index contributed by atoms with van der Waals surface area (Å²) in [7, 11) is -1.42. The fourth-order valence-electron chi connectivity index (χ4n) is 2.44. The smallest absolute Gasteiger partial charge is 0.333 e. The molecule has 0 aromatic carbocycles. The Bertz CT molecular complexity index is 527. The summed E-state index contributed by atoms with van der Waals surface area (Å²) >= 11 is 17.8. The Kier molecular flexibility index (Phi) is 11.0. The summed E-state index contributed by atoms with van der Waals surface area (Å²) in [6, 6.07) is 0. The van der Waals surface area contributed by atoms with Crippen molar-refractivity contribution in [2.45, 2.75) is 26.9 Å². The van der Waals surface area contributed by atoms with Crippen molar-refractivity contribution in [3.63, 3.8) is 0 Å². The molecule has 0 aliphatic rings. The van der Waals surface area contributed by atoms with Crippen molar-refractivity contribution in [2.24, 2.45) is 7.05 Å². The summed E-state index contributed by atoms with van der Waals surface area (Å²) in [5.41, 5.74) is 1.01. The Morgan fingerprint density at radius 3 is 2.04 bits per heavy atom. The molecule has 0 radical (unpaired) electrons. The molecule has 25 heavy (non-hydrogen) atoms. The van der Waals surface area contributed by atoms with Crippen molar-refractivity contribution in [2.75, 3.05) is 43.8 Å². The lowest BCUT2D eigenvalue weighted by Gasteiger charge is -2.37. The van der Waals surface area contributed by atoms with E-state index in [9.17, 15) is 4.57 Å². The van der Waals surface area contributed by atoms with Crippen LogP contribution in [0.15, 0.2) is 6.20 Å². The Balaban J connectivity index is 3.10. The summed E-state index contributed by atoms with van der Waals surface area (Å²) in [6.45, 7) is 6.06. The topological polar surface area (TPSA) is 50.6 Å². The Morgan fingerprint density at radius 1 is 1.12 bits per heavy atom. The number of hydrogen-bond acceptors (Lipinski definition) is 3. The molecule has 1 unspecified atom stereocenters. The highest BCUT2D eigenvalue weighted by Crippen LogP contribution is 2.54. The van der Waals surface area contributed by atoms with Crippen LogP contribution >= 0.6 is 42.5 Å². The van der Waals surface area contributed by atoms with E-state index in [4.69, 9.17) is 39.3 Å². The fraction of sp³-hybridized carbons (Fsp3) is 0.800. The molecule has 10 heteroatoms. The lowest BCUT2D eigenvalue weighted by molar-refractivity contribution is 0.199. The van der Waals surface area contributed by atoms with Gasteiger partial charge in [-0.25, -0.2) is 14.3 Å². The third-order valence-corrected chi connectivity index (χ3v) is 7.11. The van der Waals surface area contributed by atoms with E-state index in [1.54, 1.807) is 10.9 Å². The summed E-state index contributed by atoms with van der Waals surface area (Å²) in [5.74, 6) is 1.76. The first-order valence-corrected chi connectivity index (χ1v) is 11.5. The van der Waals surface area contributed by atoms with Gasteiger partial charge in [0, 0.05) is 62.8 Å². The third-order valence-electron chi connectivity index (χ3n) is 3.90. The molecule has 0 aliphatic carbocycles. The van der Waals surface area contributed by atoms with Gasteiger partial charge in [0.15, 0.2) is 0 Å². The Hall–Kier alpha value is 0.190. The van der Waals surface area contributed by atoms with Crippen LogP contribution in [-0.2, 0) is 22.7 Å². The van der Waals surface area contributed by atoms with Crippen LogP contribution in [0.1, 0.15) is 24.9 Å². The number of imidazole rings is 1. The maximum absolute atomic E-state index is 13.9. The second-order valence-corrected chi connectivity index (χ2v) is 9.12. The van der Waals surface area contributed by atoms with E-state index in [0.717, 1.165) is 17.9 Å². The summed E-state index contributed by atoms with van der Waals surface area (Å²) in [6.07, 6.45) is 2.60. The van der Waals surface area contributed by atoms with E-state index in [0.29, 0.717) is 43.8 Å². The zero-order valence-electron chi connectivity index (χ0n) is 15.1. The van der Waals surface area contributed by atoms with Crippen molar-refractivity contribution >= 4 is 42.5 Å². The van der Waals surface area contributed by atoms with Gasteiger partial charge in [0.1, 0.15) is 12.4 Å². The monoisotopic (exact) mass is 432 g/mol. The molecule has 0 bridgehead atoms. The van der Waals surface area contributed by atoms with E-state index in [2.05, 4.69) is 4.98 Å². The number of aromatic nitrogens is 2. The molecule has 0 saturated heterocycles. The van der Waals surface area contributed by atoms with Crippen molar-refractivity contribution in [3.05, 3.63) is 17.7 Å². The van der Waals surface area contributed by atoms with Gasteiger partial charge in [-0.2, -0.15) is 0 Å². The summed E-state index contributed by atoms with van der Waals surface area (Å²) in [4.78, 5) is 4.32. The number of aryl methyl sites for hydroxylation is 1. The normalized spacial score (nSPS) is 14.4. The quantitative estimate of drug-likeness (QED) is 0.346. The van der Waals surface area contributed by atoms with Crippen molar-refractivity contribution < 1.29 is 9.09 Å². The Labute approximate surface area is 165 Å². The van der Waals surface area contributed by atoms with E-state index in [-0.39, 0.29) is 6.61 Å². The molecular weight excluding hydrogens is 406 g/mol. The standard InChI is InChI=1S/C15H28Cl3N4O2P/c1-4-8-21(9-5-16)25(23,22(10-6-17)11-7-18)24-13-15-19-12-14(2)20(15)3/h12H,4-11,13H2,1-3H3. The predicted molar refractivity (Wildman–Crippen MR) is 106 cm³/mol. The molecule has 0 amide bonds. The lowest BCUT2D eigenvalue weighted by Crippen LogP contribution is -2.37. The number of halogens is 3. The van der Waals surface area contributed by atoms with Gasteiger partial charge in [0.2, 0.25) is 0 Å². The zero-order chi connectivity index (χ0) is 18.9. The molecule has 1 aromatic rings. The van der Waals surface area contributed by atoms with Crippen molar-refractivity contribution in [1.29, 1.82) is 0 Å². The van der Waals surface area contributed by atoms with Crippen LogP contribution < -0.4 is 0 Å². The van der Waals surface area contributed by atoms with E-state index < -0.39 is 7.67 Å². The van der Waals surface area contributed by atoms with Gasteiger partial charge < -0.3 is 4.57 Å². The molecule has 1 rings (SSSR count). The molecular formula is C15H28Cl3N4O2P. The highest BCUT2D eigenvalue weighted by atomic mass is 35.5. The molecule has 0 spiro atoms. The van der Waals surface area contributed by atoms with Gasteiger partial charge in [0.25, 0.3) is 0 Å². The maximum atomic E-state index is 13.9. The fourth-order valence-corrected chi connectivity index (χ4v) is 5.89. The SMILES string of the molecule is CCCN(CCCl)P(=O)(OCc1ncc(C)n1C)N(CCCl)CCCl. The minimum Gasteiger partial charge on any atom is -0.333 e. The first-order chi connectivity index (χ1) is 11.9. The van der Waals surface area contributed by atoms with Crippen molar-refractivity contribution in [3.8, 4) is 0 Å². The first kappa shape index (κ1) is 23.2. The lowest BCUT2D eigenvalue weighted by atomic mass is 10.5. The van der Waals surface area contributed by atoms with Crippen LogP contribution in [0.25, 0.3) is 0 Å². The number of hydrogen-bond donors (Lipinski definition) is 0. The minimum atomic E-state index is -3.32. The molecule has 146 valence electrons. The van der Waals surface area contributed by atoms with Gasteiger partial charge in [-0.05, 0) is 13.3 Å². The van der Waals surface area contributed by atoms with Crippen LogP contribution in [0.2, 0.25) is 0 Å². The van der Waals surface area contributed by atoms with E-state index >= 15 is 0 Å². The molecule has 1 heterocycles. The molecule has 0 aliphatic heterocycles. The second-order valence-electron chi connectivity index (χ2n) is 5.61. The molecule has 1 aromatic heterocycles. The van der Waals surface area contributed by atoms with Gasteiger partial charge in [-0.3, -0.25) is 9.09 Å². The first-order valence-electron chi connectivity index (χ1n) is 8.35. The van der Waals surface area contributed by atoms with Crippen molar-refractivity contribution in [1.82, 2.24) is 18.9 Å². The largest absolute Gasteiger partial charge is 0.346 e. The molecule has 6 nitrogen and oxygen atoms in total. The highest BCUT2D eigenvalue weighted by Gasteiger charge is 2.38. The maximum Gasteiger partial charge on any atom is 0.346 e. The van der Waals surface area contributed by atoms with Crippen LogP contribution in [0.3, 0.4) is 0 Å². The highest BCUT2D eigenvalue weighted by molar-refractivity contribution is 7.53. The average Bonchev–Trinajstić information content (AvgIpc) is 2.91. The minimum absolute atomic E-state index is 0.144. The molecule has 1 atom stereocenters. The van der Waals surface area contributed by atoms with Crippen LogP contribution in [0.5, 0.6) is 0 Å². The average molecular weight is 434 g/mol. The van der Waals surface area contributed by atoms with E-state index in [1.807, 2.05) is 30.1 Å². The van der Waals surface area contributed by atoms with Gasteiger partial charge in [0.05, 0.1) is 0 Å². The molecule has 0 fully saturated rings. The van der Waals surface area contributed by atoms with E-state index in [1.165, 1.54) is 0 Å². The molecule has 0 N–H and O–H groups in total. The van der Waals surface area contributed by atoms with Crippen LogP contribution in [-0.4, -0.2) is 62.7 Å². The Morgan fingerprint density at radius 2 is 1.64 bits per heavy atom. The van der Waals surface area contributed by atoms with Gasteiger partial charge >= 0.3 is 7.67 Å². The molecule has 0 saturated carbocycles. The summed E-state index contributed by atoms with van der Waals surface area (Å²) < 4.78 is 25.3.